The second kappa shape index (κ2) is 12.0. The van der Waals surface area contributed by atoms with Gasteiger partial charge in [-0.25, -0.2) is 0 Å². The van der Waals surface area contributed by atoms with Gasteiger partial charge in [0.05, 0.1) is 17.8 Å². The van der Waals surface area contributed by atoms with Gasteiger partial charge in [0, 0.05) is 0 Å². The van der Waals surface area contributed by atoms with E-state index in [9.17, 15) is 15.0 Å². The number of aryl methyl sites for hydroxylation is 1. The average Bonchev–Trinajstić information content (AvgIpc) is 2.73. The van der Waals surface area contributed by atoms with Crippen molar-refractivity contribution < 1.29 is 19.8 Å². The Labute approximate surface area is 185 Å². The quantitative estimate of drug-likeness (QED) is 0.275. The number of nitrogens with zero attached hydrogens (tertiary/aromatic N) is 1. The number of rotatable bonds is 12. The molecule has 3 atom stereocenters. The summed E-state index contributed by atoms with van der Waals surface area (Å²) >= 11 is 0. The van der Waals surface area contributed by atoms with E-state index in [1.165, 1.54) is 5.06 Å². The lowest BCUT2D eigenvalue weighted by Gasteiger charge is -2.42. The lowest BCUT2D eigenvalue weighted by atomic mass is 9.99. The van der Waals surface area contributed by atoms with Gasteiger partial charge in [0.2, 0.25) is 6.41 Å². The van der Waals surface area contributed by atoms with E-state index in [1.54, 1.807) is 6.92 Å². The third kappa shape index (κ3) is 8.42. The topological polar surface area (TPSA) is 82.0 Å². The third-order valence-corrected chi connectivity index (χ3v) is 4.79. The van der Waals surface area contributed by atoms with E-state index in [-0.39, 0.29) is 0 Å². The van der Waals surface area contributed by atoms with Gasteiger partial charge >= 0.3 is 0 Å². The molecular formula is C25H35N2O4. The molecule has 0 bridgehead atoms. The minimum absolute atomic E-state index is 0.414. The molecular weight excluding hydrogens is 392 g/mol. The van der Waals surface area contributed by atoms with Crippen molar-refractivity contribution in [2.24, 2.45) is 0 Å². The summed E-state index contributed by atoms with van der Waals surface area (Å²) in [5, 5.41) is 25.8. The fourth-order valence-electron chi connectivity index (χ4n) is 3.33. The number of carbonyl (C=O) groups is 1. The van der Waals surface area contributed by atoms with E-state index in [4.69, 9.17) is 4.84 Å². The summed E-state index contributed by atoms with van der Waals surface area (Å²) in [6.45, 7) is 7.31. The Morgan fingerprint density at radius 2 is 1.58 bits per heavy atom. The van der Waals surface area contributed by atoms with Crippen molar-refractivity contribution in [2.75, 3.05) is 0 Å². The lowest BCUT2D eigenvalue weighted by molar-refractivity contribution is -0.269. The Balaban J connectivity index is 2.29. The third-order valence-electron chi connectivity index (χ3n) is 4.79. The molecule has 0 saturated carbocycles. The molecule has 0 aliphatic rings. The zero-order valence-electron chi connectivity index (χ0n) is 18.9. The number of hydrogen-bond acceptors (Lipinski definition) is 5. The summed E-state index contributed by atoms with van der Waals surface area (Å²) in [5.41, 5.74) is 1.47. The van der Waals surface area contributed by atoms with E-state index >= 15 is 0 Å². The molecule has 6 heteroatoms. The van der Waals surface area contributed by atoms with Gasteiger partial charge in [-0.15, -0.1) is 0 Å². The van der Waals surface area contributed by atoms with Gasteiger partial charge in [0.15, 0.2) is 0 Å². The SMILES string of the molecule is CC(O)[C](Cc1ccccc1)N(OC(C)(C)C)C(NC=O)C(O)CCc1ccccc1. The number of hydrogen-bond donors (Lipinski definition) is 3. The highest BCUT2D eigenvalue weighted by molar-refractivity contribution is 5.46. The first-order chi connectivity index (χ1) is 14.7. The highest BCUT2D eigenvalue weighted by Crippen LogP contribution is 2.27. The second-order valence-corrected chi connectivity index (χ2v) is 8.68. The Kier molecular flexibility index (Phi) is 9.65. The van der Waals surface area contributed by atoms with Crippen molar-refractivity contribution in [1.29, 1.82) is 0 Å². The van der Waals surface area contributed by atoms with Crippen LogP contribution >= 0.6 is 0 Å². The number of hydroxylamine groups is 2. The van der Waals surface area contributed by atoms with Crippen LogP contribution in [0.15, 0.2) is 60.7 Å². The van der Waals surface area contributed by atoms with Crippen LogP contribution in [0.25, 0.3) is 0 Å². The summed E-state index contributed by atoms with van der Waals surface area (Å²) in [5.74, 6) is 0. The van der Waals surface area contributed by atoms with Gasteiger partial charge in [-0.1, -0.05) is 60.7 Å². The van der Waals surface area contributed by atoms with Crippen molar-refractivity contribution in [2.45, 2.75) is 70.9 Å². The van der Waals surface area contributed by atoms with Gasteiger partial charge in [-0.2, -0.15) is 5.06 Å². The summed E-state index contributed by atoms with van der Waals surface area (Å²) < 4.78 is 0. The molecule has 2 aromatic carbocycles. The van der Waals surface area contributed by atoms with Gasteiger partial charge in [0.1, 0.15) is 12.2 Å². The van der Waals surface area contributed by atoms with Crippen LogP contribution in [0.2, 0.25) is 0 Å². The molecule has 6 nitrogen and oxygen atoms in total. The molecule has 0 saturated heterocycles. The molecule has 0 heterocycles. The monoisotopic (exact) mass is 427 g/mol. The maximum atomic E-state index is 11.4. The van der Waals surface area contributed by atoms with Gasteiger partial charge in [-0.05, 0) is 58.1 Å². The van der Waals surface area contributed by atoms with Gasteiger partial charge in [-0.3, -0.25) is 9.63 Å². The summed E-state index contributed by atoms with van der Waals surface area (Å²) in [7, 11) is 0. The van der Waals surface area contributed by atoms with Crippen LogP contribution in [-0.4, -0.2) is 45.7 Å². The maximum Gasteiger partial charge on any atom is 0.208 e. The number of carbonyl (C=O) groups excluding carboxylic acids is 1. The average molecular weight is 428 g/mol. The number of benzene rings is 2. The first kappa shape index (κ1) is 25.0. The first-order valence-corrected chi connectivity index (χ1v) is 10.7. The summed E-state index contributed by atoms with van der Waals surface area (Å²) in [6.07, 6.45) is -0.594. The van der Waals surface area contributed by atoms with Crippen molar-refractivity contribution in [3.63, 3.8) is 0 Å². The van der Waals surface area contributed by atoms with Gasteiger partial charge in [0.25, 0.3) is 0 Å². The summed E-state index contributed by atoms with van der Waals surface area (Å²) in [6, 6.07) is 20.1. The first-order valence-electron chi connectivity index (χ1n) is 10.7. The molecule has 0 aliphatic carbocycles. The van der Waals surface area contributed by atoms with Crippen LogP contribution in [0.1, 0.15) is 45.2 Å². The lowest BCUT2D eigenvalue weighted by Crippen LogP contribution is -2.57. The predicted octanol–water partition coefficient (Wildman–Crippen LogP) is 3.24. The Bertz CT molecular complexity index is 762. The fraction of sp³-hybridized carbons (Fsp3) is 0.440. The molecule has 2 rings (SSSR count). The molecule has 0 fully saturated rings. The number of nitrogens with one attached hydrogen (secondary N) is 1. The van der Waals surface area contributed by atoms with Crippen molar-refractivity contribution in [1.82, 2.24) is 10.4 Å². The van der Waals surface area contributed by atoms with Crippen molar-refractivity contribution in [3.8, 4) is 0 Å². The highest BCUT2D eigenvalue weighted by atomic mass is 16.7. The zero-order valence-corrected chi connectivity index (χ0v) is 18.9. The molecule has 1 radical (unpaired) electrons. The molecule has 31 heavy (non-hydrogen) atoms. The Hall–Kier alpha value is -2.25. The normalized spacial score (nSPS) is 15.0. The number of aliphatic hydroxyl groups is 2. The van der Waals surface area contributed by atoms with Crippen molar-refractivity contribution >= 4 is 6.41 Å². The molecule has 3 unspecified atom stereocenters. The van der Waals surface area contributed by atoms with Crippen LogP contribution in [-0.2, 0) is 22.5 Å². The van der Waals surface area contributed by atoms with E-state index in [2.05, 4.69) is 5.32 Å². The molecule has 169 valence electrons. The Morgan fingerprint density at radius 3 is 2.06 bits per heavy atom. The number of aliphatic hydroxyl groups excluding tert-OH is 2. The van der Waals surface area contributed by atoms with E-state index in [0.717, 1.165) is 11.1 Å². The molecule has 0 aromatic heterocycles. The molecule has 0 aliphatic heterocycles. The zero-order chi connectivity index (χ0) is 22.9. The minimum atomic E-state index is -0.919. The van der Waals surface area contributed by atoms with Crippen LogP contribution in [0.3, 0.4) is 0 Å². The van der Waals surface area contributed by atoms with Crippen LogP contribution < -0.4 is 5.32 Å². The van der Waals surface area contributed by atoms with Crippen LogP contribution in [0.4, 0.5) is 0 Å². The van der Waals surface area contributed by atoms with Crippen LogP contribution in [0.5, 0.6) is 0 Å². The smallest absolute Gasteiger partial charge is 0.208 e. The van der Waals surface area contributed by atoms with E-state index < -0.39 is 24.0 Å². The largest absolute Gasteiger partial charge is 0.391 e. The van der Waals surface area contributed by atoms with Gasteiger partial charge < -0.3 is 15.5 Å². The Morgan fingerprint density at radius 1 is 1.03 bits per heavy atom. The summed E-state index contributed by atoms with van der Waals surface area (Å²) in [4.78, 5) is 17.6. The highest BCUT2D eigenvalue weighted by Gasteiger charge is 2.38. The molecule has 1 amide bonds. The molecule has 0 spiro atoms. The fourth-order valence-corrected chi connectivity index (χ4v) is 3.33. The van der Waals surface area contributed by atoms with Crippen molar-refractivity contribution in [3.05, 3.63) is 77.8 Å². The second-order valence-electron chi connectivity index (χ2n) is 8.68. The number of amides is 1. The minimum Gasteiger partial charge on any atom is -0.391 e. The van der Waals surface area contributed by atoms with E-state index in [1.807, 2.05) is 81.4 Å². The maximum absolute atomic E-state index is 11.4. The van der Waals surface area contributed by atoms with E-state index in [0.29, 0.717) is 31.7 Å². The van der Waals surface area contributed by atoms with Crippen LogP contribution in [0, 0.1) is 6.04 Å². The predicted molar refractivity (Wildman–Crippen MR) is 122 cm³/mol. The molecule has 3 N–H and O–H groups in total. The molecule has 2 aromatic rings. The standard InChI is InChI=1S/C25H35N2O4/c1-19(29)22(17-21-13-9-6-10-14-21)27(31-25(2,3)4)24(26-18-28)23(30)16-15-20-11-7-5-8-12-20/h5-14,18-19,23-24,29-30H,15-17H2,1-4H3,(H,26,28).